The van der Waals surface area contributed by atoms with Gasteiger partial charge in [-0.05, 0) is 38.4 Å². The molecule has 0 fully saturated rings. The smallest absolute Gasteiger partial charge is 0.348 e. The Hall–Kier alpha value is -2.71. The number of amides is 1. The molecule has 1 aromatic heterocycles. The lowest BCUT2D eigenvalue weighted by Gasteiger charge is -2.19. The van der Waals surface area contributed by atoms with Gasteiger partial charge in [-0.1, -0.05) is 37.3 Å². The van der Waals surface area contributed by atoms with Crippen molar-refractivity contribution < 1.29 is 23.9 Å². The van der Waals surface area contributed by atoms with E-state index in [1.54, 1.807) is 20.8 Å². The molecule has 0 bridgehead atoms. The van der Waals surface area contributed by atoms with Crippen molar-refractivity contribution in [3.05, 3.63) is 51.9 Å². The van der Waals surface area contributed by atoms with Gasteiger partial charge < -0.3 is 14.8 Å². The molecule has 1 N–H and O–H groups in total. The van der Waals surface area contributed by atoms with Crippen LogP contribution in [0.2, 0.25) is 0 Å². The van der Waals surface area contributed by atoms with E-state index < -0.39 is 11.9 Å². The van der Waals surface area contributed by atoms with Gasteiger partial charge in [-0.15, -0.1) is 11.3 Å². The van der Waals surface area contributed by atoms with Crippen molar-refractivity contribution in [1.82, 2.24) is 4.90 Å². The minimum Gasteiger partial charge on any atom is -0.462 e. The number of benzene rings is 1. The molecule has 0 aliphatic heterocycles. The van der Waals surface area contributed by atoms with Crippen molar-refractivity contribution in [2.75, 3.05) is 31.6 Å². The van der Waals surface area contributed by atoms with E-state index in [0.29, 0.717) is 23.7 Å². The second-order valence-electron chi connectivity index (χ2n) is 6.54. The van der Waals surface area contributed by atoms with Crippen molar-refractivity contribution in [1.29, 1.82) is 0 Å². The number of hydrogen-bond donors (Lipinski definition) is 1. The van der Waals surface area contributed by atoms with Crippen LogP contribution in [-0.2, 0) is 20.8 Å². The number of rotatable bonds is 10. The molecule has 0 aliphatic carbocycles. The lowest BCUT2D eigenvalue weighted by molar-refractivity contribution is -0.117. The van der Waals surface area contributed by atoms with Gasteiger partial charge in [0.15, 0.2) is 0 Å². The van der Waals surface area contributed by atoms with Gasteiger partial charge in [0.25, 0.3) is 0 Å². The largest absolute Gasteiger partial charge is 0.462 e. The van der Waals surface area contributed by atoms with Crippen LogP contribution >= 0.6 is 11.3 Å². The Bertz CT molecular complexity index is 879. The average molecular weight is 433 g/mol. The molecule has 2 rings (SSSR count). The highest BCUT2D eigenvalue weighted by Gasteiger charge is 2.27. The quantitative estimate of drug-likeness (QED) is 0.574. The number of carbonyl (C=O) groups excluding carboxylic acids is 3. The van der Waals surface area contributed by atoms with Gasteiger partial charge in [-0.2, -0.15) is 0 Å². The molecule has 1 aromatic carbocycles. The third-order valence-electron chi connectivity index (χ3n) is 4.40. The molecular weight excluding hydrogens is 404 g/mol. The molecule has 0 aliphatic rings. The summed E-state index contributed by atoms with van der Waals surface area (Å²) in [4.78, 5) is 39.7. The number of nitrogens with one attached hydrogen (secondary N) is 1. The maximum Gasteiger partial charge on any atom is 0.348 e. The molecule has 0 atom stereocenters. The highest BCUT2D eigenvalue weighted by molar-refractivity contribution is 7.18. The monoisotopic (exact) mass is 432 g/mol. The zero-order valence-corrected chi connectivity index (χ0v) is 18.6. The van der Waals surface area contributed by atoms with Crippen LogP contribution in [0.4, 0.5) is 5.00 Å². The SMILES string of the molecule is CCOC(=O)c1sc(NC(=O)CN(CC)Cc2ccccc2)c(C(=O)OCC)c1C. The summed E-state index contributed by atoms with van der Waals surface area (Å²) in [6, 6.07) is 9.88. The first-order chi connectivity index (χ1) is 14.4. The Morgan fingerprint density at radius 2 is 1.63 bits per heavy atom. The number of carbonyl (C=O) groups is 3. The van der Waals surface area contributed by atoms with Crippen LogP contribution in [0.3, 0.4) is 0 Å². The number of likely N-dealkylation sites (N-methyl/N-ethyl adjacent to an activating group) is 1. The number of thiophene rings is 1. The predicted octanol–water partition coefficient (Wildman–Crippen LogP) is 3.87. The van der Waals surface area contributed by atoms with E-state index in [9.17, 15) is 14.4 Å². The fourth-order valence-corrected chi connectivity index (χ4v) is 4.04. The van der Waals surface area contributed by atoms with E-state index in [1.807, 2.05) is 42.2 Å². The van der Waals surface area contributed by atoms with E-state index in [4.69, 9.17) is 9.47 Å². The van der Waals surface area contributed by atoms with E-state index >= 15 is 0 Å². The highest BCUT2D eigenvalue weighted by atomic mass is 32.1. The minimum atomic E-state index is -0.575. The van der Waals surface area contributed by atoms with Crippen LogP contribution < -0.4 is 5.32 Å². The van der Waals surface area contributed by atoms with E-state index in [1.165, 1.54) is 0 Å². The third-order valence-corrected chi connectivity index (χ3v) is 5.59. The van der Waals surface area contributed by atoms with Crippen LogP contribution in [0.1, 0.15) is 51.9 Å². The molecular formula is C22H28N2O5S. The summed E-state index contributed by atoms with van der Waals surface area (Å²) in [5.74, 6) is -1.37. The van der Waals surface area contributed by atoms with E-state index in [-0.39, 0.29) is 36.1 Å². The molecule has 0 radical (unpaired) electrons. The zero-order valence-electron chi connectivity index (χ0n) is 17.8. The molecule has 2 aromatic rings. The lowest BCUT2D eigenvalue weighted by atomic mass is 10.1. The molecule has 8 heteroatoms. The van der Waals surface area contributed by atoms with Gasteiger partial charge in [0.2, 0.25) is 5.91 Å². The first kappa shape index (κ1) is 23.6. The number of esters is 2. The number of nitrogens with zero attached hydrogens (tertiary/aromatic N) is 1. The molecule has 30 heavy (non-hydrogen) atoms. The van der Waals surface area contributed by atoms with Crippen LogP contribution in [0.5, 0.6) is 0 Å². The molecule has 0 saturated carbocycles. The predicted molar refractivity (Wildman–Crippen MR) is 117 cm³/mol. The zero-order chi connectivity index (χ0) is 22.1. The number of ether oxygens (including phenoxy) is 2. The fraction of sp³-hybridized carbons (Fsp3) is 0.409. The standard InChI is InChI=1S/C22H28N2O5S/c1-5-24(13-16-11-9-8-10-12-16)14-17(25)23-20-18(21(26)28-6-2)15(4)19(30-20)22(27)29-7-3/h8-12H,5-7,13-14H2,1-4H3,(H,23,25). The van der Waals surface area contributed by atoms with Gasteiger partial charge in [-0.3, -0.25) is 9.69 Å². The van der Waals surface area contributed by atoms with Crippen molar-refractivity contribution >= 4 is 34.2 Å². The molecule has 7 nitrogen and oxygen atoms in total. The van der Waals surface area contributed by atoms with Gasteiger partial charge >= 0.3 is 11.9 Å². The summed E-state index contributed by atoms with van der Waals surface area (Å²) in [5, 5.41) is 3.09. The highest BCUT2D eigenvalue weighted by Crippen LogP contribution is 2.34. The van der Waals surface area contributed by atoms with Crippen LogP contribution in [0, 0.1) is 6.92 Å². The Kier molecular flexibility index (Phi) is 9.01. The van der Waals surface area contributed by atoms with Crippen LogP contribution in [0.25, 0.3) is 0 Å². The lowest BCUT2D eigenvalue weighted by Crippen LogP contribution is -2.32. The van der Waals surface area contributed by atoms with Gasteiger partial charge in [-0.25, -0.2) is 9.59 Å². The van der Waals surface area contributed by atoms with Gasteiger partial charge in [0.05, 0.1) is 25.3 Å². The molecule has 1 heterocycles. The molecule has 0 unspecified atom stereocenters. The number of hydrogen-bond acceptors (Lipinski definition) is 7. The Labute approximate surface area is 181 Å². The molecule has 0 saturated heterocycles. The number of anilines is 1. The van der Waals surface area contributed by atoms with Crippen molar-refractivity contribution in [3.8, 4) is 0 Å². The summed E-state index contributed by atoms with van der Waals surface area (Å²) in [5.41, 5.74) is 1.75. The topological polar surface area (TPSA) is 84.9 Å². The molecule has 0 spiro atoms. The van der Waals surface area contributed by atoms with Crippen molar-refractivity contribution in [2.45, 2.75) is 34.2 Å². The minimum absolute atomic E-state index is 0.152. The summed E-state index contributed by atoms with van der Waals surface area (Å²) < 4.78 is 10.2. The van der Waals surface area contributed by atoms with E-state index in [0.717, 1.165) is 16.9 Å². The maximum atomic E-state index is 12.7. The Morgan fingerprint density at radius 3 is 2.23 bits per heavy atom. The molecule has 162 valence electrons. The normalized spacial score (nSPS) is 10.7. The van der Waals surface area contributed by atoms with Crippen molar-refractivity contribution in [2.24, 2.45) is 0 Å². The molecule has 1 amide bonds. The first-order valence-corrected chi connectivity index (χ1v) is 10.8. The third kappa shape index (κ3) is 6.14. The first-order valence-electron chi connectivity index (χ1n) is 9.94. The Morgan fingerprint density at radius 1 is 1.00 bits per heavy atom. The second kappa shape index (κ2) is 11.5. The van der Waals surface area contributed by atoms with Crippen LogP contribution in [0.15, 0.2) is 30.3 Å². The summed E-state index contributed by atoms with van der Waals surface area (Å²) in [7, 11) is 0. The maximum absolute atomic E-state index is 12.7. The van der Waals surface area contributed by atoms with Crippen molar-refractivity contribution in [3.63, 3.8) is 0 Å². The Balaban J connectivity index is 2.20. The summed E-state index contributed by atoms with van der Waals surface area (Å²) >= 11 is 1.03. The average Bonchev–Trinajstić information content (AvgIpc) is 3.04. The van der Waals surface area contributed by atoms with Gasteiger partial charge in [0, 0.05) is 6.54 Å². The van der Waals surface area contributed by atoms with E-state index in [2.05, 4.69) is 5.32 Å². The van der Waals surface area contributed by atoms with Gasteiger partial charge in [0.1, 0.15) is 9.88 Å². The fourth-order valence-electron chi connectivity index (χ4n) is 2.93. The summed E-state index contributed by atoms with van der Waals surface area (Å²) in [6.07, 6.45) is 0. The van der Waals surface area contributed by atoms with Crippen LogP contribution in [-0.4, -0.2) is 49.0 Å². The summed E-state index contributed by atoms with van der Waals surface area (Å²) in [6.45, 7) is 8.92. The second-order valence-corrected chi connectivity index (χ2v) is 7.56.